The zero-order chi connectivity index (χ0) is 16.2. The molecule has 3 rings (SSSR count). The van der Waals surface area contributed by atoms with Crippen molar-refractivity contribution in [3.8, 4) is 0 Å². The van der Waals surface area contributed by atoms with E-state index in [1.54, 1.807) is 4.68 Å². The van der Waals surface area contributed by atoms with Crippen LogP contribution < -0.4 is 5.32 Å². The van der Waals surface area contributed by atoms with E-state index in [-0.39, 0.29) is 36.5 Å². The molecule has 10 heteroatoms. The normalized spacial score (nSPS) is 17.4. The lowest BCUT2D eigenvalue weighted by atomic mass is 10.0. The van der Waals surface area contributed by atoms with Crippen LogP contribution in [0, 0.1) is 10.1 Å². The number of benzene rings is 1. The molecule has 1 saturated heterocycles. The Labute approximate surface area is 163 Å². The Hall–Kier alpha value is -1.38. The van der Waals surface area contributed by atoms with Gasteiger partial charge in [-0.3, -0.25) is 19.7 Å². The maximum Gasteiger partial charge on any atom is 0.306 e. The minimum atomic E-state index is -0.427. The van der Waals surface area contributed by atoms with Crippen LogP contribution in [0.1, 0.15) is 11.6 Å². The lowest BCUT2D eigenvalue weighted by Crippen LogP contribution is -2.47. The van der Waals surface area contributed by atoms with Crippen LogP contribution >= 0.6 is 36.4 Å². The Kier molecular flexibility index (Phi) is 8.61. The van der Waals surface area contributed by atoms with Crippen molar-refractivity contribution in [1.82, 2.24) is 20.0 Å². The molecule has 1 aromatic carbocycles. The molecule has 1 aliphatic heterocycles. The Bertz CT molecular complexity index is 697. The van der Waals surface area contributed by atoms with E-state index in [4.69, 9.17) is 11.6 Å². The van der Waals surface area contributed by atoms with Crippen LogP contribution in [0.15, 0.2) is 36.7 Å². The van der Waals surface area contributed by atoms with E-state index in [9.17, 15) is 10.1 Å². The molecule has 1 unspecified atom stereocenters. The van der Waals surface area contributed by atoms with Crippen molar-refractivity contribution >= 4 is 42.1 Å². The number of aromatic nitrogens is 2. The van der Waals surface area contributed by atoms with Crippen molar-refractivity contribution in [2.75, 3.05) is 26.2 Å². The molecular formula is C15H20Cl3N5O2. The number of halogens is 3. The SMILES string of the molecule is Cl.Cl.O=[N+]([O-])c1cnn(CCN2CCNCC2c2cccc(Cl)c2)c1. The maximum atomic E-state index is 10.7. The van der Waals surface area contributed by atoms with Crippen LogP contribution in [0.2, 0.25) is 5.02 Å². The summed E-state index contributed by atoms with van der Waals surface area (Å²) in [5.41, 5.74) is 1.20. The predicted molar refractivity (Wildman–Crippen MR) is 102 cm³/mol. The lowest BCUT2D eigenvalue weighted by Gasteiger charge is -2.36. The first-order valence-electron chi connectivity index (χ1n) is 7.50. The lowest BCUT2D eigenvalue weighted by molar-refractivity contribution is -0.385. The largest absolute Gasteiger partial charge is 0.314 e. The van der Waals surface area contributed by atoms with Gasteiger partial charge in [-0.1, -0.05) is 23.7 Å². The molecule has 0 bridgehead atoms. The van der Waals surface area contributed by atoms with Crippen molar-refractivity contribution in [3.63, 3.8) is 0 Å². The summed E-state index contributed by atoms with van der Waals surface area (Å²) in [7, 11) is 0. The summed E-state index contributed by atoms with van der Waals surface area (Å²) in [5.74, 6) is 0. The molecule has 138 valence electrons. The van der Waals surface area contributed by atoms with Crippen LogP contribution in [-0.2, 0) is 6.54 Å². The van der Waals surface area contributed by atoms with Gasteiger partial charge in [-0.15, -0.1) is 24.8 Å². The molecule has 0 saturated carbocycles. The molecule has 1 aromatic heterocycles. The van der Waals surface area contributed by atoms with Crippen LogP contribution in [0.3, 0.4) is 0 Å². The zero-order valence-electron chi connectivity index (χ0n) is 13.4. The summed E-state index contributed by atoms with van der Waals surface area (Å²) < 4.78 is 1.62. The first kappa shape index (κ1) is 21.7. The van der Waals surface area contributed by atoms with Crippen molar-refractivity contribution < 1.29 is 4.92 Å². The Morgan fingerprint density at radius 2 is 2.16 bits per heavy atom. The van der Waals surface area contributed by atoms with E-state index in [1.165, 1.54) is 18.0 Å². The minimum absolute atomic E-state index is 0. The highest BCUT2D eigenvalue weighted by atomic mass is 35.5. The average Bonchev–Trinajstić information content (AvgIpc) is 3.02. The van der Waals surface area contributed by atoms with Gasteiger partial charge in [0.15, 0.2) is 0 Å². The van der Waals surface area contributed by atoms with Crippen LogP contribution in [-0.4, -0.2) is 45.8 Å². The van der Waals surface area contributed by atoms with Gasteiger partial charge in [-0.2, -0.15) is 5.10 Å². The molecule has 0 radical (unpaired) electrons. The summed E-state index contributed by atoms with van der Waals surface area (Å²) in [6.07, 6.45) is 2.75. The van der Waals surface area contributed by atoms with E-state index >= 15 is 0 Å². The Morgan fingerprint density at radius 1 is 1.36 bits per heavy atom. The number of hydrogen-bond acceptors (Lipinski definition) is 5. The molecule has 1 aliphatic rings. The van der Waals surface area contributed by atoms with Crippen molar-refractivity contribution in [2.45, 2.75) is 12.6 Å². The van der Waals surface area contributed by atoms with Crippen molar-refractivity contribution in [3.05, 3.63) is 57.4 Å². The van der Waals surface area contributed by atoms with Crippen LogP contribution in [0.4, 0.5) is 5.69 Å². The summed E-state index contributed by atoms with van der Waals surface area (Å²) in [6, 6.07) is 8.14. The maximum absolute atomic E-state index is 10.7. The summed E-state index contributed by atoms with van der Waals surface area (Å²) in [5, 5.41) is 18.9. The smallest absolute Gasteiger partial charge is 0.306 e. The molecular weight excluding hydrogens is 389 g/mol. The van der Waals surface area contributed by atoms with Crippen LogP contribution in [0.5, 0.6) is 0 Å². The molecule has 2 aromatic rings. The van der Waals surface area contributed by atoms with Gasteiger partial charge in [0.05, 0.1) is 11.5 Å². The fourth-order valence-electron chi connectivity index (χ4n) is 2.86. The third-order valence-electron chi connectivity index (χ3n) is 4.03. The van der Waals surface area contributed by atoms with E-state index in [0.717, 1.165) is 31.2 Å². The molecule has 25 heavy (non-hydrogen) atoms. The van der Waals surface area contributed by atoms with Gasteiger partial charge >= 0.3 is 5.69 Å². The summed E-state index contributed by atoms with van der Waals surface area (Å²) in [6.45, 7) is 4.10. The third kappa shape index (κ3) is 5.55. The number of piperazine rings is 1. The number of nitrogens with one attached hydrogen (secondary N) is 1. The second-order valence-electron chi connectivity index (χ2n) is 5.53. The van der Waals surface area contributed by atoms with Gasteiger partial charge in [-0.25, -0.2) is 0 Å². The topological polar surface area (TPSA) is 76.2 Å². The molecule has 0 amide bonds. The highest BCUT2D eigenvalue weighted by Gasteiger charge is 2.23. The van der Waals surface area contributed by atoms with Crippen molar-refractivity contribution in [1.29, 1.82) is 0 Å². The second-order valence-corrected chi connectivity index (χ2v) is 5.97. The molecule has 2 heterocycles. The third-order valence-corrected chi connectivity index (χ3v) is 4.27. The Morgan fingerprint density at radius 3 is 2.84 bits per heavy atom. The first-order valence-corrected chi connectivity index (χ1v) is 7.88. The fourth-order valence-corrected chi connectivity index (χ4v) is 3.06. The number of nitro groups is 1. The summed E-state index contributed by atoms with van der Waals surface area (Å²) >= 11 is 6.10. The molecule has 7 nitrogen and oxygen atoms in total. The highest BCUT2D eigenvalue weighted by molar-refractivity contribution is 6.30. The van der Waals surface area contributed by atoms with E-state index < -0.39 is 4.92 Å². The van der Waals surface area contributed by atoms with Gasteiger partial charge in [-0.05, 0) is 17.7 Å². The van der Waals surface area contributed by atoms with E-state index in [2.05, 4.69) is 21.4 Å². The standard InChI is InChI=1S/C15H18ClN5O2.2ClH/c16-13-3-1-2-12(8-13)15-10-17-4-5-19(15)6-7-20-11-14(9-18-20)21(22)23;;/h1-3,8-9,11,15,17H,4-7,10H2;2*1H. The second kappa shape index (κ2) is 9.94. The number of nitrogens with zero attached hydrogens (tertiary/aromatic N) is 4. The van der Waals surface area contributed by atoms with Crippen LogP contribution in [0.25, 0.3) is 0 Å². The molecule has 1 fully saturated rings. The molecule has 0 aliphatic carbocycles. The van der Waals surface area contributed by atoms with E-state index in [0.29, 0.717) is 6.54 Å². The molecule has 1 atom stereocenters. The predicted octanol–water partition coefficient (Wildman–Crippen LogP) is 2.93. The minimum Gasteiger partial charge on any atom is -0.314 e. The highest BCUT2D eigenvalue weighted by Crippen LogP contribution is 2.24. The zero-order valence-corrected chi connectivity index (χ0v) is 15.8. The summed E-state index contributed by atoms with van der Waals surface area (Å²) in [4.78, 5) is 12.6. The first-order chi connectivity index (χ1) is 11.1. The van der Waals surface area contributed by atoms with Crippen molar-refractivity contribution in [2.24, 2.45) is 0 Å². The molecule has 1 N–H and O–H groups in total. The van der Waals surface area contributed by atoms with E-state index in [1.807, 2.05) is 18.2 Å². The average molecular weight is 409 g/mol. The number of hydrogen-bond donors (Lipinski definition) is 1. The fraction of sp³-hybridized carbons (Fsp3) is 0.400. The van der Waals surface area contributed by atoms with Gasteiger partial charge < -0.3 is 5.32 Å². The van der Waals surface area contributed by atoms with Gasteiger partial charge in [0, 0.05) is 37.2 Å². The van der Waals surface area contributed by atoms with Gasteiger partial charge in [0.25, 0.3) is 0 Å². The Balaban J connectivity index is 0.00000156. The number of rotatable bonds is 5. The molecule has 0 spiro atoms. The van der Waals surface area contributed by atoms with Gasteiger partial charge in [0.2, 0.25) is 0 Å². The van der Waals surface area contributed by atoms with Gasteiger partial charge in [0.1, 0.15) is 12.4 Å². The quantitative estimate of drug-likeness (QED) is 0.608. The monoisotopic (exact) mass is 407 g/mol.